The third-order valence-corrected chi connectivity index (χ3v) is 9.73. The molecule has 3 aliphatic rings. The third kappa shape index (κ3) is 8.15. The second-order valence-corrected chi connectivity index (χ2v) is 13.0. The van der Waals surface area contributed by atoms with Crippen LogP contribution in [-0.4, -0.2) is 96.4 Å². The Morgan fingerprint density at radius 3 is 2.37 bits per heavy atom. The van der Waals surface area contributed by atoms with E-state index in [1.54, 1.807) is 0 Å². The lowest BCUT2D eigenvalue weighted by Gasteiger charge is -2.36. The molecule has 43 heavy (non-hydrogen) atoms. The first kappa shape index (κ1) is 31.5. The summed E-state index contributed by atoms with van der Waals surface area (Å²) in [5, 5.41) is 0. The number of anilines is 2. The fourth-order valence-electron chi connectivity index (χ4n) is 7.10. The van der Waals surface area contributed by atoms with Crippen molar-refractivity contribution in [3.63, 3.8) is 0 Å². The zero-order valence-electron chi connectivity index (χ0n) is 26.7. The van der Waals surface area contributed by atoms with E-state index in [0.29, 0.717) is 25.6 Å². The maximum atomic E-state index is 14.1. The molecule has 2 fully saturated rings. The predicted molar refractivity (Wildman–Crippen MR) is 174 cm³/mol. The van der Waals surface area contributed by atoms with Crippen LogP contribution >= 0.6 is 0 Å². The molecular weight excluding hydrogens is 536 g/mol. The standard InChI is InChI=1S/C35H52N6O2/c1-28(2)38-18-10-19-41(35(43)30-12-5-4-6-13-30)34-29(3)11-9-14-31(34)27-40(26-25-38)33(42)16-20-37-21-23-39(24-22-37)32-15-7-8-17-36-32/h7-9,11,14-15,17,28,30H,4-6,10,12-13,16,18-27H2,1-3H3. The number of benzene rings is 1. The number of rotatable bonds is 6. The van der Waals surface area contributed by atoms with Crippen molar-refractivity contribution in [2.24, 2.45) is 5.92 Å². The molecule has 8 nitrogen and oxygen atoms in total. The number of nitrogens with zero attached hydrogens (tertiary/aromatic N) is 6. The highest BCUT2D eigenvalue weighted by molar-refractivity contribution is 5.96. The molecule has 1 aliphatic carbocycles. The van der Waals surface area contributed by atoms with Crippen LogP contribution in [0.3, 0.4) is 0 Å². The number of aromatic nitrogens is 1. The average molecular weight is 589 g/mol. The maximum absolute atomic E-state index is 14.1. The van der Waals surface area contributed by atoms with E-state index in [1.165, 1.54) is 6.42 Å². The van der Waals surface area contributed by atoms with Crippen molar-refractivity contribution >= 4 is 23.3 Å². The summed E-state index contributed by atoms with van der Waals surface area (Å²) in [4.78, 5) is 43.8. The Morgan fingerprint density at radius 2 is 1.65 bits per heavy atom. The molecule has 0 radical (unpaired) electrons. The number of pyridine rings is 1. The molecule has 2 aliphatic heterocycles. The van der Waals surface area contributed by atoms with E-state index in [9.17, 15) is 9.59 Å². The van der Waals surface area contributed by atoms with Gasteiger partial charge in [-0.2, -0.15) is 0 Å². The van der Waals surface area contributed by atoms with Gasteiger partial charge in [0.05, 0.1) is 5.69 Å². The molecule has 2 aromatic rings. The Hall–Kier alpha value is -2.97. The first-order chi connectivity index (χ1) is 20.9. The number of hydrogen-bond donors (Lipinski definition) is 0. The molecule has 0 atom stereocenters. The van der Waals surface area contributed by atoms with Crippen LogP contribution in [0.1, 0.15) is 69.9 Å². The Morgan fingerprint density at radius 1 is 0.860 bits per heavy atom. The lowest BCUT2D eigenvalue weighted by molar-refractivity contribution is -0.132. The largest absolute Gasteiger partial charge is 0.354 e. The molecule has 0 spiro atoms. The fraction of sp³-hybridized carbons (Fsp3) is 0.629. The quantitative estimate of drug-likeness (QED) is 0.476. The number of carbonyl (C=O) groups excluding carboxylic acids is 2. The van der Waals surface area contributed by atoms with Crippen LogP contribution in [0.25, 0.3) is 0 Å². The van der Waals surface area contributed by atoms with Gasteiger partial charge in [-0.1, -0.05) is 43.5 Å². The highest BCUT2D eigenvalue weighted by Crippen LogP contribution is 2.32. The maximum Gasteiger partial charge on any atom is 0.230 e. The van der Waals surface area contributed by atoms with Gasteiger partial charge in [0.2, 0.25) is 11.8 Å². The molecule has 1 saturated heterocycles. The van der Waals surface area contributed by atoms with Crippen LogP contribution in [0.4, 0.5) is 11.5 Å². The Kier molecular flexibility index (Phi) is 11.1. The van der Waals surface area contributed by atoms with Gasteiger partial charge in [0.1, 0.15) is 5.82 Å². The van der Waals surface area contributed by atoms with Crippen molar-refractivity contribution < 1.29 is 9.59 Å². The smallest absolute Gasteiger partial charge is 0.230 e. The Balaban J connectivity index is 1.31. The van der Waals surface area contributed by atoms with Crippen LogP contribution in [-0.2, 0) is 16.1 Å². The minimum atomic E-state index is 0.114. The Labute approximate surface area is 259 Å². The summed E-state index contributed by atoms with van der Waals surface area (Å²) in [6.07, 6.45) is 8.81. The van der Waals surface area contributed by atoms with Crippen LogP contribution in [0, 0.1) is 12.8 Å². The van der Waals surface area contributed by atoms with E-state index >= 15 is 0 Å². The third-order valence-electron chi connectivity index (χ3n) is 9.73. The van der Waals surface area contributed by atoms with Gasteiger partial charge < -0.3 is 14.7 Å². The summed E-state index contributed by atoms with van der Waals surface area (Å²) in [5.74, 6) is 1.63. The zero-order valence-corrected chi connectivity index (χ0v) is 26.7. The van der Waals surface area contributed by atoms with Gasteiger partial charge in [0.25, 0.3) is 0 Å². The number of para-hydroxylation sites is 1. The summed E-state index contributed by atoms with van der Waals surface area (Å²) in [7, 11) is 0. The molecule has 2 amide bonds. The number of aryl methyl sites for hydroxylation is 1. The molecule has 0 bridgehead atoms. The summed E-state index contributed by atoms with van der Waals surface area (Å²) >= 11 is 0. The van der Waals surface area contributed by atoms with Crippen LogP contribution < -0.4 is 9.80 Å². The second-order valence-electron chi connectivity index (χ2n) is 13.0. The number of hydrogen-bond acceptors (Lipinski definition) is 6. The van der Waals surface area contributed by atoms with Gasteiger partial charge >= 0.3 is 0 Å². The predicted octanol–water partition coefficient (Wildman–Crippen LogP) is 4.96. The van der Waals surface area contributed by atoms with Crippen molar-refractivity contribution in [2.75, 3.05) is 68.7 Å². The Bertz CT molecular complexity index is 1190. The normalized spacial score (nSPS) is 20.1. The SMILES string of the molecule is Cc1cccc2c1N(C(=O)C1CCCCC1)CCCN(C(C)C)CCN(C(=O)CCN1CCN(c3ccccn3)CC1)C2. The average Bonchev–Trinajstić information content (AvgIpc) is 3.07. The van der Waals surface area contributed by atoms with Crippen LogP contribution in [0.15, 0.2) is 42.6 Å². The van der Waals surface area contributed by atoms with Crippen LogP contribution in [0.5, 0.6) is 0 Å². The number of piperazine rings is 1. The molecule has 234 valence electrons. The monoisotopic (exact) mass is 588 g/mol. The molecule has 8 heteroatoms. The number of fused-ring (bicyclic) bond motifs is 1. The highest BCUT2D eigenvalue weighted by atomic mass is 16.2. The molecule has 0 N–H and O–H groups in total. The van der Waals surface area contributed by atoms with E-state index in [0.717, 1.165) is 107 Å². The molecule has 0 unspecified atom stereocenters. The minimum absolute atomic E-state index is 0.114. The summed E-state index contributed by atoms with van der Waals surface area (Å²) in [6.45, 7) is 14.8. The van der Waals surface area contributed by atoms with E-state index in [2.05, 4.69) is 74.5 Å². The molecular formula is C35H52N6O2. The van der Waals surface area contributed by atoms with Crippen LogP contribution in [0.2, 0.25) is 0 Å². The topological polar surface area (TPSA) is 63.2 Å². The van der Waals surface area contributed by atoms with Gasteiger partial charge in [-0.15, -0.1) is 0 Å². The number of carbonyl (C=O) groups is 2. The van der Waals surface area contributed by atoms with E-state index in [1.807, 2.05) is 18.3 Å². The summed E-state index contributed by atoms with van der Waals surface area (Å²) < 4.78 is 0. The van der Waals surface area contributed by atoms with E-state index < -0.39 is 0 Å². The molecule has 1 saturated carbocycles. The summed E-state index contributed by atoms with van der Waals surface area (Å²) in [5.41, 5.74) is 3.26. The highest BCUT2D eigenvalue weighted by Gasteiger charge is 2.30. The van der Waals surface area contributed by atoms with Gasteiger partial charge in [-0.05, 0) is 63.3 Å². The van der Waals surface area contributed by atoms with E-state index in [-0.39, 0.29) is 17.7 Å². The van der Waals surface area contributed by atoms with Crippen molar-refractivity contribution in [3.8, 4) is 0 Å². The van der Waals surface area contributed by atoms with Gasteiger partial charge in [0, 0.05) is 90.0 Å². The van der Waals surface area contributed by atoms with Crippen molar-refractivity contribution in [1.82, 2.24) is 19.7 Å². The first-order valence-corrected chi connectivity index (χ1v) is 16.7. The summed E-state index contributed by atoms with van der Waals surface area (Å²) in [6, 6.07) is 12.8. The lowest BCUT2D eigenvalue weighted by atomic mass is 9.87. The first-order valence-electron chi connectivity index (χ1n) is 16.7. The zero-order chi connectivity index (χ0) is 30.2. The number of amides is 2. The lowest BCUT2D eigenvalue weighted by Crippen LogP contribution is -2.48. The van der Waals surface area contributed by atoms with Gasteiger partial charge in [-0.3, -0.25) is 19.4 Å². The minimum Gasteiger partial charge on any atom is -0.354 e. The van der Waals surface area contributed by atoms with E-state index in [4.69, 9.17) is 0 Å². The van der Waals surface area contributed by atoms with Crippen molar-refractivity contribution in [3.05, 3.63) is 53.7 Å². The second kappa shape index (κ2) is 15.2. The van der Waals surface area contributed by atoms with Gasteiger partial charge in [0.15, 0.2) is 0 Å². The molecule has 3 heterocycles. The molecule has 5 rings (SSSR count). The van der Waals surface area contributed by atoms with Crippen molar-refractivity contribution in [2.45, 2.75) is 78.3 Å². The molecule has 1 aromatic carbocycles. The fourth-order valence-corrected chi connectivity index (χ4v) is 7.10. The van der Waals surface area contributed by atoms with Gasteiger partial charge in [-0.25, -0.2) is 4.98 Å². The molecule has 1 aromatic heterocycles. The van der Waals surface area contributed by atoms with Crippen molar-refractivity contribution in [1.29, 1.82) is 0 Å².